The van der Waals surface area contributed by atoms with Gasteiger partial charge in [0, 0.05) is 51.2 Å². The summed E-state index contributed by atoms with van der Waals surface area (Å²) in [7, 11) is 1.84. The van der Waals surface area contributed by atoms with Crippen LogP contribution in [0.5, 0.6) is 0 Å². The quantitative estimate of drug-likeness (QED) is 0.370. The molecule has 1 aromatic carbocycles. The second-order valence-corrected chi connectivity index (χ2v) is 10.6. The first kappa shape index (κ1) is 25.6. The normalized spacial score (nSPS) is 20.4. The maximum absolute atomic E-state index is 13.4. The molecular formula is C27H31F2N7O3. The Morgan fingerprint density at radius 2 is 1.95 bits per heavy atom. The lowest BCUT2D eigenvalue weighted by atomic mass is 10.0. The molecule has 0 amide bonds. The van der Waals surface area contributed by atoms with Crippen molar-refractivity contribution in [1.82, 2.24) is 28.6 Å². The standard InChI is InChI=1S/C27H31F2N7O3/c1-17(35-14-27(28,29)15-35)23-13-34(10-11-39-23)19-4-5-20-21(12-19)31-18(2)36(25(20)37)9-8-33-7-6-22-24(26(33)38)30-16-32(22)3/h4-7,12,16-17,23H,8-11,13-15H2,1-3H3/t17?,23-/m1/s1. The van der Waals surface area contributed by atoms with Gasteiger partial charge in [0.25, 0.3) is 17.0 Å². The van der Waals surface area contributed by atoms with Gasteiger partial charge in [-0.1, -0.05) is 0 Å². The van der Waals surface area contributed by atoms with Crippen molar-refractivity contribution in [3.8, 4) is 0 Å². The van der Waals surface area contributed by atoms with E-state index in [4.69, 9.17) is 9.72 Å². The van der Waals surface area contributed by atoms with Crippen LogP contribution in [0.25, 0.3) is 21.9 Å². The van der Waals surface area contributed by atoms with Crippen LogP contribution in [0.15, 0.2) is 46.4 Å². The first-order chi connectivity index (χ1) is 18.6. The lowest BCUT2D eigenvalue weighted by molar-refractivity contribution is -0.162. The number of likely N-dealkylation sites (tertiary alicyclic amines) is 1. The molecule has 6 rings (SSSR count). The number of hydrogen-bond acceptors (Lipinski definition) is 7. The van der Waals surface area contributed by atoms with Gasteiger partial charge in [-0.25, -0.2) is 18.7 Å². The van der Waals surface area contributed by atoms with Crippen LogP contribution in [0.1, 0.15) is 12.7 Å². The van der Waals surface area contributed by atoms with E-state index in [9.17, 15) is 18.4 Å². The lowest BCUT2D eigenvalue weighted by Crippen LogP contribution is -2.64. The molecule has 3 aromatic heterocycles. The van der Waals surface area contributed by atoms with Crippen LogP contribution in [0.2, 0.25) is 0 Å². The number of aryl methyl sites for hydroxylation is 3. The summed E-state index contributed by atoms with van der Waals surface area (Å²) < 4.78 is 37.6. The van der Waals surface area contributed by atoms with E-state index in [1.54, 1.807) is 44.1 Å². The number of nitrogens with zero attached hydrogens (tertiary/aromatic N) is 7. The van der Waals surface area contributed by atoms with Crippen molar-refractivity contribution < 1.29 is 13.5 Å². The molecule has 0 bridgehead atoms. The Bertz CT molecular complexity index is 1670. The average Bonchev–Trinajstić information content (AvgIpc) is 3.28. The number of halogens is 2. The Morgan fingerprint density at radius 1 is 1.15 bits per heavy atom. The fraction of sp³-hybridized carbons (Fsp3) is 0.481. The summed E-state index contributed by atoms with van der Waals surface area (Å²) in [5, 5.41) is 0.498. The Labute approximate surface area is 223 Å². The molecule has 4 aromatic rings. The van der Waals surface area contributed by atoms with E-state index in [0.29, 0.717) is 55.0 Å². The molecule has 0 aliphatic carbocycles. The smallest absolute Gasteiger partial charge is 0.278 e. The molecule has 0 radical (unpaired) electrons. The summed E-state index contributed by atoms with van der Waals surface area (Å²) in [6, 6.07) is 7.31. The van der Waals surface area contributed by atoms with Crippen molar-refractivity contribution in [1.29, 1.82) is 0 Å². The minimum absolute atomic E-state index is 0.119. The maximum atomic E-state index is 13.4. The molecular weight excluding hydrogens is 508 g/mol. The monoisotopic (exact) mass is 539 g/mol. The van der Waals surface area contributed by atoms with E-state index in [-0.39, 0.29) is 36.4 Å². The second-order valence-electron chi connectivity index (χ2n) is 10.6. The van der Waals surface area contributed by atoms with Crippen molar-refractivity contribution in [3.05, 3.63) is 63.3 Å². The number of benzene rings is 1. The summed E-state index contributed by atoms with van der Waals surface area (Å²) in [5.41, 5.74) is 2.31. The minimum atomic E-state index is -2.61. The van der Waals surface area contributed by atoms with E-state index in [2.05, 4.69) is 9.88 Å². The number of alkyl halides is 2. The van der Waals surface area contributed by atoms with Gasteiger partial charge in [0.15, 0.2) is 5.52 Å². The molecule has 2 aliphatic rings. The number of morpholine rings is 1. The van der Waals surface area contributed by atoms with Crippen molar-refractivity contribution in [3.63, 3.8) is 0 Å². The van der Waals surface area contributed by atoms with Gasteiger partial charge in [-0.15, -0.1) is 0 Å². The third-order valence-corrected chi connectivity index (χ3v) is 7.99. The second kappa shape index (κ2) is 9.53. The van der Waals surface area contributed by atoms with Gasteiger partial charge in [0.1, 0.15) is 5.82 Å². The van der Waals surface area contributed by atoms with Crippen LogP contribution in [0.3, 0.4) is 0 Å². The van der Waals surface area contributed by atoms with Crippen molar-refractivity contribution in [2.75, 3.05) is 37.7 Å². The topological polar surface area (TPSA) is 90.4 Å². The number of fused-ring (bicyclic) bond motifs is 2. The van der Waals surface area contributed by atoms with Crippen LogP contribution in [-0.4, -0.2) is 79.4 Å². The summed E-state index contributed by atoms with van der Waals surface area (Å²) in [5.74, 6) is -2.05. The lowest BCUT2D eigenvalue weighted by Gasteiger charge is -2.47. The van der Waals surface area contributed by atoms with Gasteiger partial charge in [-0.3, -0.25) is 19.1 Å². The number of aromatic nitrogens is 5. The van der Waals surface area contributed by atoms with Crippen molar-refractivity contribution >= 4 is 27.6 Å². The highest BCUT2D eigenvalue weighted by Crippen LogP contribution is 2.31. The first-order valence-electron chi connectivity index (χ1n) is 13.1. The van der Waals surface area contributed by atoms with Gasteiger partial charge < -0.3 is 18.8 Å². The predicted molar refractivity (Wildman–Crippen MR) is 144 cm³/mol. The zero-order valence-corrected chi connectivity index (χ0v) is 22.2. The van der Waals surface area contributed by atoms with Crippen molar-refractivity contribution in [2.45, 2.75) is 45.0 Å². The number of rotatable bonds is 6. The molecule has 0 spiro atoms. The molecule has 2 saturated heterocycles. The Kier molecular flexibility index (Phi) is 6.26. The molecule has 12 heteroatoms. The van der Waals surface area contributed by atoms with Gasteiger partial charge >= 0.3 is 0 Å². The summed E-state index contributed by atoms with van der Waals surface area (Å²) in [6.45, 7) is 5.59. The maximum Gasteiger partial charge on any atom is 0.278 e. The Balaban J connectivity index is 1.20. The SMILES string of the molecule is Cc1nc2cc(N3CCO[C@@H](C(C)N4CC(F)(F)C4)C3)ccc2c(=O)n1CCn1ccc2c(ncn2C)c1=O. The van der Waals surface area contributed by atoms with E-state index in [0.717, 1.165) is 11.2 Å². The molecule has 1 unspecified atom stereocenters. The number of pyridine rings is 1. The molecule has 2 aliphatic heterocycles. The molecule has 10 nitrogen and oxygen atoms in total. The Morgan fingerprint density at radius 3 is 2.72 bits per heavy atom. The minimum Gasteiger partial charge on any atom is -0.373 e. The molecule has 2 fully saturated rings. The third-order valence-electron chi connectivity index (χ3n) is 7.99. The number of imidazole rings is 1. The first-order valence-corrected chi connectivity index (χ1v) is 13.1. The highest BCUT2D eigenvalue weighted by atomic mass is 19.3. The predicted octanol–water partition coefficient (Wildman–Crippen LogP) is 2.00. The molecule has 39 heavy (non-hydrogen) atoms. The van der Waals surface area contributed by atoms with Gasteiger partial charge in [0.05, 0.1) is 48.5 Å². The van der Waals surface area contributed by atoms with Crippen LogP contribution < -0.4 is 16.0 Å². The highest BCUT2D eigenvalue weighted by molar-refractivity contribution is 5.81. The number of hydrogen-bond donors (Lipinski definition) is 0. The molecule has 0 N–H and O–H groups in total. The van der Waals surface area contributed by atoms with Gasteiger partial charge in [0.2, 0.25) is 0 Å². The summed E-state index contributed by atoms with van der Waals surface area (Å²) >= 11 is 0. The summed E-state index contributed by atoms with van der Waals surface area (Å²) in [6.07, 6.45) is 3.14. The highest BCUT2D eigenvalue weighted by Gasteiger charge is 2.47. The molecule has 0 saturated carbocycles. The zero-order valence-electron chi connectivity index (χ0n) is 22.2. The van der Waals surface area contributed by atoms with Gasteiger partial charge in [-0.05, 0) is 38.1 Å². The number of ether oxygens (including phenoxy) is 1. The van der Waals surface area contributed by atoms with Crippen LogP contribution in [0, 0.1) is 6.92 Å². The van der Waals surface area contributed by atoms with E-state index in [1.165, 1.54) is 0 Å². The van der Waals surface area contributed by atoms with E-state index >= 15 is 0 Å². The van der Waals surface area contributed by atoms with Crippen LogP contribution in [-0.2, 0) is 24.9 Å². The molecule has 5 heterocycles. The van der Waals surface area contributed by atoms with Gasteiger partial charge in [-0.2, -0.15) is 0 Å². The number of anilines is 1. The fourth-order valence-electron chi connectivity index (χ4n) is 5.60. The van der Waals surface area contributed by atoms with Crippen molar-refractivity contribution in [2.24, 2.45) is 7.05 Å². The zero-order chi connectivity index (χ0) is 27.5. The average molecular weight is 540 g/mol. The molecule has 2 atom stereocenters. The van der Waals surface area contributed by atoms with E-state index in [1.807, 2.05) is 32.2 Å². The van der Waals surface area contributed by atoms with Crippen LogP contribution >= 0.6 is 0 Å². The molecule has 206 valence electrons. The van der Waals surface area contributed by atoms with E-state index < -0.39 is 5.92 Å². The largest absolute Gasteiger partial charge is 0.373 e. The Hall–Kier alpha value is -3.64. The summed E-state index contributed by atoms with van der Waals surface area (Å²) in [4.78, 5) is 39.0. The fourth-order valence-corrected chi connectivity index (χ4v) is 5.60. The third kappa shape index (κ3) is 4.61. The van der Waals surface area contributed by atoms with Crippen LogP contribution in [0.4, 0.5) is 14.5 Å².